The fourth-order valence-electron chi connectivity index (χ4n) is 2.08. The minimum absolute atomic E-state index is 0.0414. The number of nitrogens with zero attached hydrogens (tertiary/aromatic N) is 1. The van der Waals surface area contributed by atoms with Gasteiger partial charge >= 0.3 is 0 Å². The van der Waals surface area contributed by atoms with E-state index >= 15 is 0 Å². The number of hydrazone groups is 1. The van der Waals surface area contributed by atoms with E-state index in [-0.39, 0.29) is 12.5 Å². The zero-order valence-electron chi connectivity index (χ0n) is 13.6. The van der Waals surface area contributed by atoms with Crippen LogP contribution in [0.2, 0.25) is 0 Å². The minimum atomic E-state index is -0.257. The van der Waals surface area contributed by atoms with Crippen LogP contribution in [0.1, 0.15) is 24.5 Å². The molecule has 0 atom stereocenters. The van der Waals surface area contributed by atoms with Gasteiger partial charge in [0.15, 0.2) is 6.61 Å². The highest BCUT2D eigenvalue weighted by Crippen LogP contribution is 2.15. The Morgan fingerprint density at radius 3 is 2.52 bits per heavy atom. The molecule has 2 aromatic carbocycles. The number of para-hydroxylation sites is 1. The van der Waals surface area contributed by atoms with Crippen molar-refractivity contribution in [2.75, 3.05) is 6.61 Å². The number of nitrogens with one attached hydrogen (secondary N) is 1. The third kappa shape index (κ3) is 5.94. The number of rotatable bonds is 7. The summed E-state index contributed by atoms with van der Waals surface area (Å²) in [5.74, 6) is 0.458. The molecule has 0 aromatic heterocycles. The number of carbonyl (C=O) groups is 1. The van der Waals surface area contributed by atoms with E-state index in [4.69, 9.17) is 4.74 Å². The van der Waals surface area contributed by atoms with Gasteiger partial charge in [0.2, 0.25) is 0 Å². The van der Waals surface area contributed by atoms with Crippen LogP contribution in [-0.2, 0) is 11.2 Å². The van der Waals surface area contributed by atoms with E-state index in [1.807, 2.05) is 56.3 Å². The van der Waals surface area contributed by atoms with Crippen molar-refractivity contribution in [1.82, 2.24) is 5.43 Å². The van der Waals surface area contributed by atoms with Crippen molar-refractivity contribution >= 4 is 11.6 Å². The molecule has 0 saturated heterocycles. The molecule has 0 aliphatic heterocycles. The highest BCUT2D eigenvalue weighted by atomic mass is 16.5. The summed E-state index contributed by atoms with van der Waals surface area (Å²) in [6.07, 6.45) is 1.72. The molecule has 1 amide bonds. The second kappa shape index (κ2) is 8.73. The third-order valence-corrected chi connectivity index (χ3v) is 3.44. The summed E-state index contributed by atoms with van der Waals surface area (Å²) in [5, 5.41) is 4.11. The summed E-state index contributed by atoms with van der Waals surface area (Å²) in [6, 6.07) is 17.8. The molecule has 0 heterocycles. The van der Waals surface area contributed by atoms with Gasteiger partial charge in [-0.2, -0.15) is 5.10 Å². The van der Waals surface area contributed by atoms with Gasteiger partial charge in [-0.15, -0.1) is 0 Å². The Kier molecular flexibility index (Phi) is 6.36. The highest BCUT2D eigenvalue weighted by Gasteiger charge is 2.04. The topological polar surface area (TPSA) is 50.7 Å². The smallest absolute Gasteiger partial charge is 0.277 e. The first-order chi connectivity index (χ1) is 11.1. The molecular formula is C19H22N2O2. The van der Waals surface area contributed by atoms with Crippen LogP contribution in [0.4, 0.5) is 0 Å². The van der Waals surface area contributed by atoms with Gasteiger partial charge in [0.05, 0.1) is 0 Å². The van der Waals surface area contributed by atoms with Gasteiger partial charge in [-0.25, -0.2) is 5.43 Å². The molecule has 120 valence electrons. The van der Waals surface area contributed by atoms with Crippen LogP contribution < -0.4 is 10.2 Å². The molecule has 0 aliphatic carbocycles. The Labute approximate surface area is 137 Å². The van der Waals surface area contributed by atoms with Crippen molar-refractivity contribution in [3.8, 4) is 5.75 Å². The predicted octanol–water partition coefficient (Wildman–Crippen LogP) is 3.50. The first-order valence-corrected chi connectivity index (χ1v) is 7.69. The quantitative estimate of drug-likeness (QED) is 0.628. The van der Waals surface area contributed by atoms with Gasteiger partial charge in [-0.3, -0.25) is 4.79 Å². The molecule has 0 fully saturated rings. The average Bonchev–Trinajstić information content (AvgIpc) is 2.58. The number of hydrogen-bond acceptors (Lipinski definition) is 3. The zero-order valence-corrected chi connectivity index (χ0v) is 13.6. The SMILES string of the molecule is C/C(CCc1ccccc1)=N/NC(=O)COc1ccccc1C. The van der Waals surface area contributed by atoms with E-state index in [2.05, 4.69) is 22.7 Å². The average molecular weight is 310 g/mol. The first kappa shape index (κ1) is 16.7. The Balaban J connectivity index is 1.73. The fourth-order valence-corrected chi connectivity index (χ4v) is 2.08. The van der Waals surface area contributed by atoms with Crippen molar-refractivity contribution in [3.05, 3.63) is 65.7 Å². The van der Waals surface area contributed by atoms with E-state index in [0.29, 0.717) is 5.75 Å². The van der Waals surface area contributed by atoms with Crippen LogP contribution in [0.3, 0.4) is 0 Å². The Hall–Kier alpha value is -2.62. The second-order valence-electron chi connectivity index (χ2n) is 5.42. The van der Waals surface area contributed by atoms with E-state index in [9.17, 15) is 4.79 Å². The molecule has 2 aromatic rings. The largest absolute Gasteiger partial charge is 0.483 e. The molecule has 0 bridgehead atoms. The maximum Gasteiger partial charge on any atom is 0.277 e. The van der Waals surface area contributed by atoms with Crippen LogP contribution in [0, 0.1) is 6.92 Å². The minimum Gasteiger partial charge on any atom is -0.483 e. The van der Waals surface area contributed by atoms with Crippen LogP contribution in [0.25, 0.3) is 0 Å². The number of amides is 1. The first-order valence-electron chi connectivity index (χ1n) is 7.69. The molecule has 2 rings (SSSR count). The predicted molar refractivity (Wildman–Crippen MR) is 92.7 cm³/mol. The zero-order chi connectivity index (χ0) is 16.5. The van der Waals surface area contributed by atoms with E-state index < -0.39 is 0 Å². The van der Waals surface area contributed by atoms with Crippen molar-refractivity contribution in [1.29, 1.82) is 0 Å². The molecule has 23 heavy (non-hydrogen) atoms. The highest BCUT2D eigenvalue weighted by molar-refractivity contribution is 5.84. The number of aryl methyl sites for hydroxylation is 2. The summed E-state index contributed by atoms with van der Waals surface area (Å²) in [5.41, 5.74) is 5.68. The Morgan fingerprint density at radius 1 is 1.09 bits per heavy atom. The number of carbonyl (C=O) groups excluding carboxylic acids is 1. The molecule has 4 nitrogen and oxygen atoms in total. The monoisotopic (exact) mass is 310 g/mol. The molecule has 0 spiro atoms. The maximum absolute atomic E-state index is 11.8. The van der Waals surface area contributed by atoms with Crippen molar-refractivity contribution < 1.29 is 9.53 Å². The van der Waals surface area contributed by atoms with Gasteiger partial charge < -0.3 is 4.74 Å². The van der Waals surface area contributed by atoms with Gasteiger partial charge in [0.25, 0.3) is 5.91 Å². The van der Waals surface area contributed by atoms with Crippen LogP contribution in [0.5, 0.6) is 5.75 Å². The van der Waals surface area contributed by atoms with Gasteiger partial charge in [-0.05, 0) is 43.9 Å². The van der Waals surface area contributed by atoms with Gasteiger partial charge in [0, 0.05) is 5.71 Å². The summed E-state index contributed by atoms with van der Waals surface area (Å²) in [6.45, 7) is 3.81. The normalized spacial score (nSPS) is 11.1. The summed E-state index contributed by atoms with van der Waals surface area (Å²) in [7, 11) is 0. The van der Waals surface area contributed by atoms with E-state index in [1.165, 1.54) is 5.56 Å². The molecule has 0 aliphatic rings. The molecule has 1 N–H and O–H groups in total. The molecule has 0 radical (unpaired) electrons. The van der Waals surface area contributed by atoms with Crippen molar-refractivity contribution in [2.45, 2.75) is 26.7 Å². The van der Waals surface area contributed by atoms with Crippen LogP contribution >= 0.6 is 0 Å². The van der Waals surface area contributed by atoms with E-state index in [0.717, 1.165) is 24.1 Å². The second-order valence-corrected chi connectivity index (χ2v) is 5.42. The lowest BCUT2D eigenvalue weighted by atomic mass is 10.1. The lowest BCUT2D eigenvalue weighted by Crippen LogP contribution is -2.25. The van der Waals surface area contributed by atoms with Crippen molar-refractivity contribution in [2.24, 2.45) is 5.10 Å². The number of hydrogen-bond donors (Lipinski definition) is 1. The number of ether oxygens (including phenoxy) is 1. The fraction of sp³-hybridized carbons (Fsp3) is 0.263. The Bertz CT molecular complexity index is 666. The summed E-state index contributed by atoms with van der Waals surface area (Å²) in [4.78, 5) is 11.8. The molecule has 0 saturated carbocycles. The molecule has 0 unspecified atom stereocenters. The summed E-state index contributed by atoms with van der Waals surface area (Å²) < 4.78 is 5.48. The third-order valence-electron chi connectivity index (χ3n) is 3.44. The van der Waals surface area contributed by atoms with E-state index in [1.54, 1.807) is 0 Å². The standard InChI is InChI=1S/C19H22N2O2/c1-15-8-6-7-11-18(15)23-14-19(22)21-20-16(2)12-13-17-9-4-3-5-10-17/h3-11H,12-14H2,1-2H3,(H,21,22)/b20-16-. The van der Waals surface area contributed by atoms with Gasteiger partial charge in [0.1, 0.15) is 5.75 Å². The van der Waals surface area contributed by atoms with Gasteiger partial charge in [-0.1, -0.05) is 48.5 Å². The van der Waals surface area contributed by atoms with Crippen LogP contribution in [0.15, 0.2) is 59.7 Å². The Morgan fingerprint density at radius 2 is 1.78 bits per heavy atom. The summed E-state index contributed by atoms with van der Waals surface area (Å²) >= 11 is 0. The molecular weight excluding hydrogens is 288 g/mol. The van der Waals surface area contributed by atoms with Crippen LogP contribution in [-0.4, -0.2) is 18.2 Å². The lowest BCUT2D eigenvalue weighted by Gasteiger charge is -2.08. The van der Waals surface area contributed by atoms with Crippen molar-refractivity contribution in [3.63, 3.8) is 0 Å². The maximum atomic E-state index is 11.8. The molecule has 4 heteroatoms. The lowest BCUT2D eigenvalue weighted by molar-refractivity contribution is -0.123. The number of benzene rings is 2.